The molecule has 2 amide bonds. The summed E-state index contributed by atoms with van der Waals surface area (Å²) >= 11 is 0. The second-order valence-corrected chi connectivity index (χ2v) is 7.47. The Labute approximate surface area is 179 Å². The molecule has 0 unspecified atom stereocenters. The zero-order valence-electron chi connectivity index (χ0n) is 17.0. The first-order valence-electron chi connectivity index (χ1n) is 10.1. The number of benzene rings is 3. The van der Waals surface area contributed by atoms with E-state index < -0.39 is 11.7 Å². The van der Waals surface area contributed by atoms with Gasteiger partial charge in [-0.05, 0) is 67.8 Å². The van der Waals surface area contributed by atoms with E-state index in [1.807, 2.05) is 0 Å². The summed E-state index contributed by atoms with van der Waals surface area (Å²) in [5.41, 5.74) is 3.09. The first-order chi connectivity index (χ1) is 14.9. The van der Waals surface area contributed by atoms with Crippen LogP contribution in [0.2, 0.25) is 0 Å². The lowest BCUT2D eigenvalue weighted by atomic mass is 9.98. The van der Waals surface area contributed by atoms with Crippen LogP contribution in [-0.2, 0) is 6.42 Å². The molecule has 0 atom stereocenters. The number of nitrogens with one attached hydrogen (secondary N) is 1. The van der Waals surface area contributed by atoms with Crippen molar-refractivity contribution in [1.82, 2.24) is 0 Å². The van der Waals surface area contributed by atoms with Crippen molar-refractivity contribution in [3.8, 4) is 0 Å². The number of fused-ring (bicyclic) bond motifs is 1. The van der Waals surface area contributed by atoms with E-state index in [0.717, 1.165) is 18.4 Å². The molecule has 1 N–H and O–H groups in total. The molecule has 0 aromatic heterocycles. The van der Waals surface area contributed by atoms with Crippen molar-refractivity contribution in [3.63, 3.8) is 0 Å². The van der Waals surface area contributed by atoms with E-state index in [0.29, 0.717) is 29.0 Å². The summed E-state index contributed by atoms with van der Waals surface area (Å²) in [4.78, 5) is 38.8. The van der Waals surface area contributed by atoms with E-state index in [9.17, 15) is 18.8 Å². The molecular weight excluding hydrogens is 395 g/mol. The second kappa shape index (κ2) is 8.52. The largest absolute Gasteiger partial charge is 0.322 e. The fraction of sp³-hybridized carbons (Fsp3) is 0.160. The third-order valence-electron chi connectivity index (χ3n) is 5.34. The van der Waals surface area contributed by atoms with E-state index >= 15 is 0 Å². The minimum atomic E-state index is -0.552. The Balaban J connectivity index is 1.58. The first kappa shape index (κ1) is 20.5. The van der Waals surface area contributed by atoms with Crippen molar-refractivity contribution < 1.29 is 18.8 Å². The summed E-state index contributed by atoms with van der Waals surface area (Å²) < 4.78 is 14.1. The van der Waals surface area contributed by atoms with Crippen molar-refractivity contribution >= 4 is 29.0 Å². The van der Waals surface area contributed by atoms with Gasteiger partial charge in [0.25, 0.3) is 11.8 Å². The van der Waals surface area contributed by atoms with Crippen LogP contribution in [0.15, 0.2) is 66.7 Å². The highest BCUT2D eigenvalue weighted by Gasteiger charge is 2.26. The lowest BCUT2D eigenvalue weighted by Crippen LogP contribution is -2.36. The third-order valence-corrected chi connectivity index (χ3v) is 5.34. The fourth-order valence-electron chi connectivity index (χ4n) is 3.75. The predicted octanol–water partition coefficient (Wildman–Crippen LogP) is 4.87. The zero-order valence-corrected chi connectivity index (χ0v) is 17.0. The van der Waals surface area contributed by atoms with Gasteiger partial charge in [-0.2, -0.15) is 0 Å². The number of anilines is 2. The Morgan fingerprint density at radius 2 is 1.74 bits per heavy atom. The number of nitrogens with zero attached hydrogens (tertiary/aromatic N) is 1. The van der Waals surface area contributed by atoms with E-state index in [2.05, 4.69) is 5.32 Å². The van der Waals surface area contributed by atoms with Gasteiger partial charge in [-0.3, -0.25) is 14.4 Å². The maximum Gasteiger partial charge on any atom is 0.261 e. The van der Waals surface area contributed by atoms with Gasteiger partial charge in [0.05, 0.1) is 5.56 Å². The van der Waals surface area contributed by atoms with Gasteiger partial charge in [-0.15, -0.1) is 0 Å². The number of hydrogen-bond donors (Lipinski definition) is 1. The molecule has 0 spiro atoms. The predicted molar refractivity (Wildman–Crippen MR) is 117 cm³/mol. The van der Waals surface area contributed by atoms with E-state index in [4.69, 9.17) is 0 Å². The summed E-state index contributed by atoms with van der Waals surface area (Å²) in [6.45, 7) is 1.96. The summed E-state index contributed by atoms with van der Waals surface area (Å²) in [6.07, 6.45) is 1.44. The smallest absolute Gasteiger partial charge is 0.261 e. The lowest BCUT2D eigenvalue weighted by molar-refractivity contribution is 0.0979. The number of carbonyl (C=O) groups is 3. The molecule has 3 aromatic rings. The normalized spacial score (nSPS) is 12.8. The molecule has 4 rings (SSSR count). The van der Waals surface area contributed by atoms with Gasteiger partial charge in [-0.25, -0.2) is 4.39 Å². The molecule has 1 aliphatic rings. The number of ketones is 1. The molecule has 1 heterocycles. The van der Waals surface area contributed by atoms with Crippen LogP contribution in [-0.4, -0.2) is 24.1 Å². The minimum absolute atomic E-state index is 0.0301. The van der Waals surface area contributed by atoms with Crippen LogP contribution in [0.5, 0.6) is 0 Å². The number of halogens is 1. The Bertz CT molecular complexity index is 1190. The molecular formula is C25H21FN2O3. The molecule has 0 radical (unpaired) electrons. The van der Waals surface area contributed by atoms with Crippen LogP contribution in [0, 0.1) is 5.82 Å². The van der Waals surface area contributed by atoms with Gasteiger partial charge in [-0.1, -0.05) is 24.3 Å². The fourth-order valence-corrected chi connectivity index (χ4v) is 3.75. The number of hydrogen-bond acceptors (Lipinski definition) is 3. The van der Waals surface area contributed by atoms with Gasteiger partial charge >= 0.3 is 0 Å². The van der Waals surface area contributed by atoms with E-state index in [-0.39, 0.29) is 17.3 Å². The SMILES string of the molecule is CC(=O)c1cccc(NC(=O)c2ccc3c(c2)CCCN3C(=O)c2ccccc2F)c1. The van der Waals surface area contributed by atoms with Gasteiger partial charge in [0.2, 0.25) is 0 Å². The van der Waals surface area contributed by atoms with Crippen LogP contribution in [0.3, 0.4) is 0 Å². The highest BCUT2D eigenvalue weighted by molar-refractivity contribution is 6.08. The van der Waals surface area contributed by atoms with Crippen LogP contribution in [0.1, 0.15) is 50.0 Å². The quantitative estimate of drug-likeness (QED) is 0.617. The standard InChI is InChI=1S/C25H21FN2O3/c1-16(29)17-6-4-8-20(15-17)27-24(30)19-11-12-23-18(14-19)7-5-13-28(23)25(31)21-9-2-3-10-22(21)26/h2-4,6,8-12,14-15H,5,7,13H2,1H3,(H,27,30). The Kier molecular flexibility index (Phi) is 5.62. The monoisotopic (exact) mass is 416 g/mol. The Morgan fingerprint density at radius 3 is 2.52 bits per heavy atom. The molecule has 1 aliphatic heterocycles. The summed E-state index contributed by atoms with van der Waals surface area (Å²) in [7, 11) is 0. The van der Waals surface area contributed by atoms with Crippen molar-refractivity contribution in [2.24, 2.45) is 0 Å². The maximum atomic E-state index is 14.1. The molecule has 6 heteroatoms. The highest BCUT2D eigenvalue weighted by Crippen LogP contribution is 2.30. The molecule has 0 saturated carbocycles. The third kappa shape index (κ3) is 4.23. The van der Waals surface area contributed by atoms with Gasteiger partial charge < -0.3 is 10.2 Å². The Hall–Kier alpha value is -3.80. The second-order valence-electron chi connectivity index (χ2n) is 7.47. The average Bonchev–Trinajstić information content (AvgIpc) is 2.78. The van der Waals surface area contributed by atoms with E-state index in [1.54, 1.807) is 59.5 Å². The molecule has 0 saturated heterocycles. The average molecular weight is 416 g/mol. The molecule has 31 heavy (non-hydrogen) atoms. The van der Waals surface area contributed by atoms with Crippen LogP contribution < -0.4 is 10.2 Å². The zero-order chi connectivity index (χ0) is 22.0. The number of rotatable bonds is 4. The van der Waals surface area contributed by atoms with Crippen molar-refractivity contribution in [3.05, 3.63) is 94.8 Å². The topological polar surface area (TPSA) is 66.5 Å². The Morgan fingerprint density at radius 1 is 0.935 bits per heavy atom. The number of Topliss-reactive ketones (excluding diaryl/α,β-unsaturated/α-hetero) is 1. The van der Waals surface area contributed by atoms with Crippen LogP contribution >= 0.6 is 0 Å². The van der Waals surface area contributed by atoms with Crippen molar-refractivity contribution in [2.45, 2.75) is 19.8 Å². The van der Waals surface area contributed by atoms with Gasteiger partial charge in [0.15, 0.2) is 5.78 Å². The first-order valence-corrected chi connectivity index (χ1v) is 10.1. The van der Waals surface area contributed by atoms with Crippen LogP contribution in [0.25, 0.3) is 0 Å². The molecule has 156 valence electrons. The highest BCUT2D eigenvalue weighted by atomic mass is 19.1. The maximum absolute atomic E-state index is 14.1. The van der Waals surface area contributed by atoms with Gasteiger partial charge in [0.1, 0.15) is 5.82 Å². The minimum Gasteiger partial charge on any atom is -0.322 e. The van der Waals surface area contributed by atoms with E-state index in [1.165, 1.54) is 19.1 Å². The molecule has 3 aromatic carbocycles. The molecule has 0 aliphatic carbocycles. The van der Waals surface area contributed by atoms with Gasteiger partial charge in [0, 0.05) is 29.0 Å². The summed E-state index contributed by atoms with van der Waals surface area (Å²) in [5, 5.41) is 2.81. The lowest BCUT2D eigenvalue weighted by Gasteiger charge is -2.30. The summed E-state index contributed by atoms with van der Waals surface area (Å²) in [6, 6.07) is 17.8. The summed E-state index contributed by atoms with van der Waals surface area (Å²) in [5.74, 6) is -1.33. The number of amides is 2. The molecule has 0 bridgehead atoms. The molecule has 0 fully saturated rings. The van der Waals surface area contributed by atoms with Crippen LogP contribution in [0.4, 0.5) is 15.8 Å². The van der Waals surface area contributed by atoms with Crippen molar-refractivity contribution in [2.75, 3.05) is 16.8 Å². The number of carbonyl (C=O) groups excluding carboxylic acids is 3. The molecule has 5 nitrogen and oxygen atoms in total. The number of aryl methyl sites for hydroxylation is 1. The van der Waals surface area contributed by atoms with Crippen molar-refractivity contribution in [1.29, 1.82) is 0 Å².